The van der Waals surface area contributed by atoms with Crippen LogP contribution in [0.15, 0.2) is 0 Å². The van der Waals surface area contributed by atoms with Gasteiger partial charge in [0.2, 0.25) is 0 Å². The minimum absolute atomic E-state index is 0.0335. The Morgan fingerprint density at radius 2 is 1.18 bits per heavy atom. The lowest BCUT2D eigenvalue weighted by Crippen LogP contribution is -2.18. The van der Waals surface area contributed by atoms with Crippen molar-refractivity contribution in [3.05, 3.63) is 0 Å². The minimum atomic E-state index is 0.0335. The maximum atomic E-state index is 12.0. The Morgan fingerprint density at radius 3 is 1.82 bits per heavy atom. The van der Waals surface area contributed by atoms with Crippen LogP contribution in [0, 0.1) is 0 Å². The molecule has 0 bridgehead atoms. The van der Waals surface area contributed by atoms with Crippen LogP contribution in [-0.4, -0.2) is 12.1 Å². The van der Waals surface area contributed by atoms with Crippen LogP contribution in [0.3, 0.4) is 0 Å². The number of hydrogen-bond acceptors (Lipinski definition) is 2. The SMILES string of the molecule is CCCCCCCCCC(=O)OC(CCCC)CCCCC. The van der Waals surface area contributed by atoms with Crippen LogP contribution in [0.25, 0.3) is 0 Å². The summed E-state index contributed by atoms with van der Waals surface area (Å²) in [5.41, 5.74) is 0. The zero-order valence-electron chi connectivity index (χ0n) is 15.5. The number of esters is 1. The van der Waals surface area contributed by atoms with Crippen molar-refractivity contribution in [3.8, 4) is 0 Å². The molecule has 0 aromatic rings. The van der Waals surface area contributed by atoms with Gasteiger partial charge in [-0.2, -0.15) is 0 Å². The third-order valence-electron chi connectivity index (χ3n) is 4.29. The highest BCUT2D eigenvalue weighted by Crippen LogP contribution is 2.15. The predicted molar refractivity (Wildman–Crippen MR) is 96.2 cm³/mol. The smallest absolute Gasteiger partial charge is 0.306 e. The summed E-state index contributed by atoms with van der Waals surface area (Å²) < 4.78 is 5.71. The Morgan fingerprint density at radius 1 is 0.682 bits per heavy atom. The third-order valence-corrected chi connectivity index (χ3v) is 4.29. The number of carbonyl (C=O) groups is 1. The molecule has 0 saturated heterocycles. The van der Waals surface area contributed by atoms with E-state index >= 15 is 0 Å². The molecule has 0 spiro atoms. The summed E-state index contributed by atoms with van der Waals surface area (Å²) in [6.45, 7) is 6.66. The first-order valence-electron chi connectivity index (χ1n) is 9.94. The Bertz CT molecular complexity index is 238. The second-order valence-electron chi connectivity index (χ2n) is 6.62. The molecule has 0 N–H and O–H groups in total. The van der Waals surface area contributed by atoms with Gasteiger partial charge in [-0.25, -0.2) is 0 Å². The van der Waals surface area contributed by atoms with Gasteiger partial charge < -0.3 is 4.74 Å². The summed E-state index contributed by atoms with van der Waals surface area (Å²) in [4.78, 5) is 12.0. The topological polar surface area (TPSA) is 26.3 Å². The van der Waals surface area contributed by atoms with Gasteiger partial charge in [-0.1, -0.05) is 85.0 Å². The molecule has 0 aromatic carbocycles. The molecular weight excluding hydrogens is 272 g/mol. The molecule has 0 radical (unpaired) electrons. The van der Waals surface area contributed by atoms with E-state index in [0.717, 1.165) is 19.3 Å². The van der Waals surface area contributed by atoms with Gasteiger partial charge in [0.25, 0.3) is 0 Å². The molecule has 2 heteroatoms. The van der Waals surface area contributed by atoms with Gasteiger partial charge in [0.05, 0.1) is 0 Å². The maximum absolute atomic E-state index is 12.0. The van der Waals surface area contributed by atoms with Crippen molar-refractivity contribution in [2.75, 3.05) is 0 Å². The molecule has 0 saturated carbocycles. The summed E-state index contributed by atoms with van der Waals surface area (Å²) in [6, 6.07) is 0. The van der Waals surface area contributed by atoms with Crippen molar-refractivity contribution in [1.82, 2.24) is 0 Å². The average molecular weight is 313 g/mol. The van der Waals surface area contributed by atoms with Crippen molar-refractivity contribution in [3.63, 3.8) is 0 Å². The lowest BCUT2D eigenvalue weighted by Gasteiger charge is -2.17. The molecule has 132 valence electrons. The van der Waals surface area contributed by atoms with Crippen molar-refractivity contribution in [1.29, 1.82) is 0 Å². The highest BCUT2D eigenvalue weighted by Gasteiger charge is 2.13. The van der Waals surface area contributed by atoms with Crippen LogP contribution in [-0.2, 0) is 9.53 Å². The molecule has 1 unspecified atom stereocenters. The molecule has 0 aromatic heterocycles. The number of hydrogen-bond donors (Lipinski definition) is 0. The van der Waals surface area contributed by atoms with Crippen molar-refractivity contribution in [2.24, 2.45) is 0 Å². The number of rotatable bonds is 16. The van der Waals surface area contributed by atoms with E-state index in [-0.39, 0.29) is 12.1 Å². The molecular formula is C20H40O2. The molecule has 1 atom stereocenters. The maximum Gasteiger partial charge on any atom is 0.306 e. The Balaban J connectivity index is 3.71. The van der Waals surface area contributed by atoms with Gasteiger partial charge in [-0.05, 0) is 25.7 Å². The molecule has 0 aliphatic rings. The van der Waals surface area contributed by atoms with Crippen molar-refractivity contribution < 1.29 is 9.53 Å². The van der Waals surface area contributed by atoms with E-state index in [1.54, 1.807) is 0 Å². The number of carbonyl (C=O) groups excluding carboxylic acids is 1. The van der Waals surface area contributed by atoms with E-state index < -0.39 is 0 Å². The van der Waals surface area contributed by atoms with Gasteiger partial charge in [0.15, 0.2) is 0 Å². The highest BCUT2D eigenvalue weighted by molar-refractivity contribution is 5.69. The Hall–Kier alpha value is -0.530. The molecule has 0 rings (SSSR count). The van der Waals surface area contributed by atoms with Crippen LogP contribution in [0.4, 0.5) is 0 Å². The van der Waals surface area contributed by atoms with Crippen molar-refractivity contribution in [2.45, 2.75) is 123 Å². The molecule has 2 nitrogen and oxygen atoms in total. The Kier molecular flexibility index (Phi) is 16.4. The first-order chi connectivity index (χ1) is 10.7. The third kappa shape index (κ3) is 14.4. The van der Waals surface area contributed by atoms with E-state index in [2.05, 4.69) is 20.8 Å². The fourth-order valence-electron chi connectivity index (χ4n) is 2.79. The van der Waals surface area contributed by atoms with E-state index in [9.17, 15) is 4.79 Å². The number of ether oxygens (including phenoxy) is 1. The van der Waals surface area contributed by atoms with Gasteiger partial charge in [-0.15, -0.1) is 0 Å². The van der Waals surface area contributed by atoms with Crippen molar-refractivity contribution >= 4 is 5.97 Å². The second-order valence-corrected chi connectivity index (χ2v) is 6.62. The lowest BCUT2D eigenvalue weighted by molar-refractivity contribution is -0.150. The average Bonchev–Trinajstić information content (AvgIpc) is 2.51. The highest BCUT2D eigenvalue weighted by atomic mass is 16.5. The molecule has 0 amide bonds. The second kappa shape index (κ2) is 16.8. The Labute approximate surface area is 139 Å². The zero-order valence-corrected chi connectivity index (χ0v) is 15.5. The lowest BCUT2D eigenvalue weighted by atomic mass is 10.1. The van der Waals surface area contributed by atoms with Gasteiger partial charge in [0.1, 0.15) is 6.10 Å². The van der Waals surface area contributed by atoms with Crippen LogP contribution < -0.4 is 0 Å². The quantitative estimate of drug-likeness (QED) is 0.231. The summed E-state index contributed by atoms with van der Waals surface area (Å²) in [5, 5.41) is 0. The van der Waals surface area contributed by atoms with E-state index in [0.29, 0.717) is 6.42 Å². The zero-order chi connectivity index (χ0) is 16.5. The first kappa shape index (κ1) is 21.5. The summed E-state index contributed by atoms with van der Waals surface area (Å²) in [5.74, 6) is 0.0335. The van der Waals surface area contributed by atoms with Crippen LogP contribution in [0.2, 0.25) is 0 Å². The van der Waals surface area contributed by atoms with Gasteiger partial charge >= 0.3 is 5.97 Å². The van der Waals surface area contributed by atoms with E-state index in [4.69, 9.17) is 4.74 Å². The standard InChI is InChI=1S/C20H40O2/c1-4-7-10-11-12-13-15-18-20(21)22-19(16-9-6-3)17-14-8-5-2/h19H,4-18H2,1-3H3. The normalized spacial score (nSPS) is 12.3. The number of unbranched alkanes of at least 4 members (excludes halogenated alkanes) is 9. The van der Waals surface area contributed by atoms with Gasteiger partial charge in [0, 0.05) is 6.42 Å². The minimum Gasteiger partial charge on any atom is -0.462 e. The van der Waals surface area contributed by atoms with Crippen LogP contribution >= 0.6 is 0 Å². The predicted octanol–water partition coefficient (Wildman–Crippen LogP) is 6.81. The molecule has 0 heterocycles. The fraction of sp³-hybridized carbons (Fsp3) is 0.950. The molecule has 0 fully saturated rings. The largest absolute Gasteiger partial charge is 0.462 e. The monoisotopic (exact) mass is 312 g/mol. The summed E-state index contributed by atoms with van der Waals surface area (Å²) >= 11 is 0. The first-order valence-corrected chi connectivity index (χ1v) is 9.94. The molecule has 0 aliphatic heterocycles. The summed E-state index contributed by atoms with van der Waals surface area (Å²) in [6.07, 6.45) is 17.6. The fourth-order valence-corrected chi connectivity index (χ4v) is 2.79. The van der Waals surface area contributed by atoms with Crippen LogP contribution in [0.1, 0.15) is 117 Å². The van der Waals surface area contributed by atoms with Gasteiger partial charge in [-0.3, -0.25) is 4.79 Å². The van der Waals surface area contributed by atoms with Crippen LogP contribution in [0.5, 0.6) is 0 Å². The van der Waals surface area contributed by atoms with E-state index in [1.165, 1.54) is 70.6 Å². The van der Waals surface area contributed by atoms with E-state index in [1.807, 2.05) is 0 Å². The molecule has 0 aliphatic carbocycles. The summed E-state index contributed by atoms with van der Waals surface area (Å²) in [7, 11) is 0. The molecule has 22 heavy (non-hydrogen) atoms.